The molecule has 0 aliphatic heterocycles. The number of carbonyl (C=O) groups is 1. The van der Waals surface area contributed by atoms with Crippen molar-refractivity contribution in [3.8, 4) is 0 Å². The van der Waals surface area contributed by atoms with Crippen molar-refractivity contribution in [3.05, 3.63) is 34.9 Å². The Kier molecular flexibility index (Phi) is 3.48. The molecule has 0 bridgehead atoms. The molecular weight excluding hydrogens is 214 g/mol. The third-order valence-corrected chi connectivity index (χ3v) is 3.30. The maximum atomic E-state index is 10.8. The van der Waals surface area contributed by atoms with Crippen LogP contribution in [-0.2, 0) is 6.54 Å². The first-order valence-electron chi connectivity index (χ1n) is 6.07. The first-order valence-corrected chi connectivity index (χ1v) is 6.07. The monoisotopic (exact) mass is 233 g/mol. The number of carboxylic acids is 1. The second kappa shape index (κ2) is 4.88. The summed E-state index contributed by atoms with van der Waals surface area (Å²) in [5, 5.41) is 8.90. The molecule has 0 atom stereocenters. The molecule has 92 valence electrons. The molecule has 0 aromatic heterocycles. The lowest BCUT2D eigenvalue weighted by Crippen LogP contribution is -2.21. The van der Waals surface area contributed by atoms with Gasteiger partial charge < -0.3 is 10.0 Å². The largest absolute Gasteiger partial charge is 0.478 e. The summed E-state index contributed by atoms with van der Waals surface area (Å²) in [4.78, 5) is 13.1. The Balaban J connectivity index is 2.02. The zero-order valence-corrected chi connectivity index (χ0v) is 10.4. The summed E-state index contributed by atoms with van der Waals surface area (Å²) >= 11 is 0. The van der Waals surface area contributed by atoms with Crippen molar-refractivity contribution in [1.29, 1.82) is 0 Å². The van der Waals surface area contributed by atoms with E-state index in [-0.39, 0.29) is 0 Å². The average Bonchev–Trinajstić information content (AvgIpc) is 3.04. The predicted molar refractivity (Wildman–Crippen MR) is 67.2 cm³/mol. The van der Waals surface area contributed by atoms with Gasteiger partial charge in [0.1, 0.15) is 0 Å². The van der Waals surface area contributed by atoms with Crippen LogP contribution in [0, 0.1) is 12.8 Å². The van der Waals surface area contributed by atoms with Crippen LogP contribution < -0.4 is 0 Å². The van der Waals surface area contributed by atoms with Gasteiger partial charge in [0.2, 0.25) is 0 Å². The van der Waals surface area contributed by atoms with Crippen molar-refractivity contribution in [2.45, 2.75) is 26.3 Å². The molecule has 1 aromatic rings. The zero-order valence-electron chi connectivity index (χ0n) is 10.4. The van der Waals surface area contributed by atoms with E-state index < -0.39 is 5.97 Å². The van der Waals surface area contributed by atoms with Crippen LogP contribution in [0.1, 0.15) is 34.3 Å². The second-order valence-corrected chi connectivity index (χ2v) is 5.09. The molecular formula is C14H19NO2. The standard InChI is InChI=1S/C14H19NO2/c1-10-7-12(14(16)17)5-6-13(10)9-15(2)8-11-3-4-11/h5-7,11H,3-4,8-9H2,1-2H3,(H,16,17). The molecule has 0 spiro atoms. The number of rotatable bonds is 5. The normalized spacial score (nSPS) is 15.2. The van der Waals surface area contributed by atoms with Gasteiger partial charge in [0, 0.05) is 13.1 Å². The average molecular weight is 233 g/mol. The van der Waals surface area contributed by atoms with E-state index >= 15 is 0 Å². The van der Waals surface area contributed by atoms with Crippen molar-refractivity contribution >= 4 is 5.97 Å². The van der Waals surface area contributed by atoms with Crippen LogP contribution in [0.2, 0.25) is 0 Å². The summed E-state index contributed by atoms with van der Waals surface area (Å²) in [7, 11) is 2.13. The Hall–Kier alpha value is -1.35. The van der Waals surface area contributed by atoms with E-state index in [0.29, 0.717) is 5.56 Å². The maximum Gasteiger partial charge on any atom is 0.335 e. The van der Waals surface area contributed by atoms with E-state index in [0.717, 1.165) is 24.6 Å². The van der Waals surface area contributed by atoms with Gasteiger partial charge in [0.05, 0.1) is 5.56 Å². The fourth-order valence-electron chi connectivity index (χ4n) is 2.10. The van der Waals surface area contributed by atoms with Gasteiger partial charge in [-0.05, 0) is 56.0 Å². The molecule has 1 aliphatic rings. The van der Waals surface area contributed by atoms with Crippen molar-refractivity contribution in [2.75, 3.05) is 13.6 Å². The molecule has 0 heterocycles. The van der Waals surface area contributed by atoms with E-state index in [1.807, 2.05) is 13.0 Å². The topological polar surface area (TPSA) is 40.5 Å². The SMILES string of the molecule is Cc1cc(C(=O)O)ccc1CN(C)CC1CC1. The molecule has 17 heavy (non-hydrogen) atoms. The molecule has 0 unspecified atom stereocenters. The minimum Gasteiger partial charge on any atom is -0.478 e. The molecule has 1 aliphatic carbocycles. The highest BCUT2D eigenvalue weighted by Crippen LogP contribution is 2.29. The summed E-state index contributed by atoms with van der Waals surface area (Å²) in [5.41, 5.74) is 2.65. The summed E-state index contributed by atoms with van der Waals surface area (Å²) in [6.45, 7) is 4.04. The Labute approximate surface area is 102 Å². The third-order valence-electron chi connectivity index (χ3n) is 3.30. The third kappa shape index (κ3) is 3.30. The molecule has 1 aromatic carbocycles. The summed E-state index contributed by atoms with van der Waals surface area (Å²) < 4.78 is 0. The van der Waals surface area contributed by atoms with Crippen molar-refractivity contribution in [2.24, 2.45) is 5.92 Å². The quantitative estimate of drug-likeness (QED) is 0.849. The highest BCUT2D eigenvalue weighted by Gasteiger charge is 2.22. The van der Waals surface area contributed by atoms with Gasteiger partial charge in [0.15, 0.2) is 0 Å². The van der Waals surface area contributed by atoms with Crippen LogP contribution in [-0.4, -0.2) is 29.6 Å². The van der Waals surface area contributed by atoms with Crippen LogP contribution in [0.5, 0.6) is 0 Å². The smallest absolute Gasteiger partial charge is 0.335 e. The van der Waals surface area contributed by atoms with Gasteiger partial charge in [-0.25, -0.2) is 4.79 Å². The van der Waals surface area contributed by atoms with Gasteiger partial charge in [-0.1, -0.05) is 6.07 Å². The first kappa shape index (κ1) is 12.1. The Morgan fingerprint density at radius 1 is 1.47 bits per heavy atom. The molecule has 0 radical (unpaired) electrons. The van der Waals surface area contributed by atoms with Crippen LogP contribution >= 0.6 is 0 Å². The lowest BCUT2D eigenvalue weighted by atomic mass is 10.0. The maximum absolute atomic E-state index is 10.8. The lowest BCUT2D eigenvalue weighted by molar-refractivity contribution is 0.0697. The summed E-state index contributed by atoms with van der Waals surface area (Å²) in [5.74, 6) is 0.0320. The van der Waals surface area contributed by atoms with E-state index in [4.69, 9.17) is 5.11 Å². The van der Waals surface area contributed by atoms with Crippen molar-refractivity contribution in [3.63, 3.8) is 0 Å². The van der Waals surface area contributed by atoms with Crippen LogP contribution in [0.3, 0.4) is 0 Å². The van der Waals surface area contributed by atoms with E-state index in [9.17, 15) is 4.79 Å². The van der Waals surface area contributed by atoms with Gasteiger partial charge in [-0.3, -0.25) is 0 Å². The number of carboxylic acid groups (broad SMARTS) is 1. The number of aromatic carboxylic acids is 1. The van der Waals surface area contributed by atoms with E-state index in [2.05, 4.69) is 11.9 Å². The van der Waals surface area contributed by atoms with E-state index in [1.54, 1.807) is 12.1 Å². The number of aryl methyl sites for hydroxylation is 1. The molecule has 3 heteroatoms. The van der Waals surface area contributed by atoms with Crippen molar-refractivity contribution < 1.29 is 9.90 Å². The molecule has 2 rings (SSSR count). The number of nitrogens with zero attached hydrogens (tertiary/aromatic N) is 1. The second-order valence-electron chi connectivity index (χ2n) is 5.09. The molecule has 1 N–H and O–H groups in total. The van der Waals surface area contributed by atoms with Crippen LogP contribution in [0.4, 0.5) is 0 Å². The molecule has 0 saturated heterocycles. The van der Waals surface area contributed by atoms with E-state index in [1.165, 1.54) is 18.4 Å². The van der Waals surface area contributed by atoms with Gasteiger partial charge >= 0.3 is 5.97 Å². The zero-order chi connectivity index (χ0) is 12.4. The predicted octanol–water partition coefficient (Wildman–Crippen LogP) is 2.54. The summed E-state index contributed by atoms with van der Waals surface area (Å²) in [6, 6.07) is 5.38. The van der Waals surface area contributed by atoms with Crippen LogP contribution in [0.15, 0.2) is 18.2 Å². The Bertz CT molecular complexity index is 424. The molecule has 3 nitrogen and oxygen atoms in total. The molecule has 1 saturated carbocycles. The molecule has 1 fully saturated rings. The Morgan fingerprint density at radius 3 is 2.71 bits per heavy atom. The number of benzene rings is 1. The van der Waals surface area contributed by atoms with Gasteiger partial charge in [0.25, 0.3) is 0 Å². The number of hydrogen-bond acceptors (Lipinski definition) is 2. The lowest BCUT2D eigenvalue weighted by Gasteiger charge is -2.17. The highest BCUT2D eigenvalue weighted by molar-refractivity contribution is 5.87. The minimum absolute atomic E-state index is 0.371. The van der Waals surface area contributed by atoms with Crippen molar-refractivity contribution in [1.82, 2.24) is 4.90 Å². The van der Waals surface area contributed by atoms with Gasteiger partial charge in [-0.15, -0.1) is 0 Å². The minimum atomic E-state index is -0.856. The van der Waals surface area contributed by atoms with Crippen LogP contribution in [0.25, 0.3) is 0 Å². The fourth-order valence-corrected chi connectivity index (χ4v) is 2.10. The molecule has 0 amide bonds. The Morgan fingerprint density at radius 2 is 2.18 bits per heavy atom. The fraction of sp³-hybridized carbons (Fsp3) is 0.500. The van der Waals surface area contributed by atoms with Gasteiger partial charge in [-0.2, -0.15) is 0 Å². The highest BCUT2D eigenvalue weighted by atomic mass is 16.4. The summed E-state index contributed by atoms with van der Waals surface area (Å²) in [6.07, 6.45) is 2.72. The number of hydrogen-bond donors (Lipinski definition) is 1. The first-order chi connectivity index (χ1) is 8.06.